The summed E-state index contributed by atoms with van der Waals surface area (Å²) in [5, 5.41) is 3.36. The maximum Gasteiger partial charge on any atom is 0.339 e. The first kappa shape index (κ1) is 26.6. The van der Waals surface area contributed by atoms with E-state index >= 15 is 0 Å². The van der Waals surface area contributed by atoms with Crippen LogP contribution in [0.5, 0.6) is 0 Å². The second-order valence-corrected chi connectivity index (χ2v) is 11.3. The summed E-state index contributed by atoms with van der Waals surface area (Å²) in [5.74, 6) is -0.220. The van der Waals surface area contributed by atoms with Gasteiger partial charge >= 0.3 is 11.9 Å². The normalized spacial score (nSPS) is 12.9. The molecule has 2 atom stereocenters. The van der Waals surface area contributed by atoms with E-state index in [4.69, 9.17) is 9.47 Å². The highest BCUT2D eigenvalue weighted by Gasteiger charge is 2.28. The van der Waals surface area contributed by atoms with E-state index in [1.165, 1.54) is 17.7 Å². The largest absolute Gasteiger partial charge is 0.469 e. The maximum atomic E-state index is 13.6. The number of ether oxygens (including phenoxy) is 2. The number of methoxy groups -OCH3 is 1. The Morgan fingerprint density at radius 3 is 1.89 bits per heavy atom. The third-order valence-electron chi connectivity index (χ3n) is 6.12. The van der Waals surface area contributed by atoms with E-state index in [2.05, 4.69) is 45.0 Å². The van der Waals surface area contributed by atoms with Crippen molar-refractivity contribution in [2.24, 2.45) is 11.8 Å². The molecule has 184 valence electrons. The molecule has 0 amide bonds. The molecule has 0 N–H and O–H groups in total. The van der Waals surface area contributed by atoms with Gasteiger partial charge in [-0.15, -0.1) is 0 Å². The quantitative estimate of drug-likeness (QED) is 0.259. The van der Waals surface area contributed by atoms with Crippen molar-refractivity contribution in [1.29, 1.82) is 0 Å². The molecule has 3 rings (SSSR count). The van der Waals surface area contributed by atoms with Crippen LogP contribution in [0.15, 0.2) is 84.9 Å². The van der Waals surface area contributed by atoms with Gasteiger partial charge in [0.05, 0.1) is 12.7 Å². The molecule has 0 aromatic heterocycles. The summed E-state index contributed by atoms with van der Waals surface area (Å²) in [7, 11) is 0.479. The SMILES string of the molecule is COC(=O)CCC[C@@H](C)[C@H](OC(=O)c1ccccc1P(c1ccccc1)c1ccccc1)C(C)C. The van der Waals surface area contributed by atoms with E-state index in [0.717, 1.165) is 11.7 Å². The average molecular weight is 491 g/mol. The minimum atomic E-state index is -0.926. The lowest BCUT2D eigenvalue weighted by molar-refractivity contribution is -0.140. The first-order valence-electron chi connectivity index (χ1n) is 12.2. The number of esters is 2. The Morgan fingerprint density at radius 2 is 1.34 bits per heavy atom. The fourth-order valence-electron chi connectivity index (χ4n) is 4.35. The Kier molecular flexibility index (Phi) is 10.0. The van der Waals surface area contributed by atoms with Crippen LogP contribution in [0.25, 0.3) is 0 Å². The molecule has 3 aromatic carbocycles. The number of carbonyl (C=O) groups excluding carboxylic acids is 2. The minimum absolute atomic E-state index is 0.125. The summed E-state index contributed by atoms with van der Waals surface area (Å²) in [6.07, 6.45) is 1.63. The van der Waals surface area contributed by atoms with E-state index in [-0.39, 0.29) is 29.9 Å². The van der Waals surface area contributed by atoms with Gasteiger partial charge in [0.1, 0.15) is 6.10 Å². The molecule has 0 bridgehead atoms. The minimum Gasteiger partial charge on any atom is -0.469 e. The highest BCUT2D eigenvalue weighted by Crippen LogP contribution is 2.34. The van der Waals surface area contributed by atoms with Gasteiger partial charge < -0.3 is 9.47 Å². The number of rotatable bonds is 11. The number of hydrogen-bond acceptors (Lipinski definition) is 4. The molecule has 0 aliphatic carbocycles. The van der Waals surface area contributed by atoms with Crippen LogP contribution in [-0.2, 0) is 14.3 Å². The zero-order valence-electron chi connectivity index (χ0n) is 21.0. The first-order chi connectivity index (χ1) is 16.9. The highest BCUT2D eigenvalue weighted by atomic mass is 31.1. The van der Waals surface area contributed by atoms with Gasteiger partial charge in [-0.25, -0.2) is 4.79 Å². The Bertz CT molecular complexity index is 1040. The van der Waals surface area contributed by atoms with Gasteiger partial charge in [-0.05, 0) is 54.6 Å². The van der Waals surface area contributed by atoms with E-state index in [1.807, 2.05) is 60.7 Å². The van der Waals surface area contributed by atoms with E-state index in [0.29, 0.717) is 18.4 Å². The van der Waals surface area contributed by atoms with Crippen LogP contribution >= 0.6 is 7.92 Å². The molecule has 0 aliphatic heterocycles. The molecule has 0 saturated carbocycles. The second kappa shape index (κ2) is 13.2. The van der Waals surface area contributed by atoms with Gasteiger partial charge in [0.2, 0.25) is 0 Å². The standard InChI is InChI=1S/C30H35O4P/c1-22(2)29(23(3)14-13-21-28(31)33-4)34-30(32)26-19-11-12-20-27(26)35(24-15-7-5-8-16-24)25-17-9-6-10-18-25/h5-12,15-20,22-23,29H,13-14,21H2,1-4H3/t23-,29-/m1/s1. The van der Waals surface area contributed by atoms with Crippen LogP contribution in [0.3, 0.4) is 0 Å². The molecule has 0 heterocycles. The van der Waals surface area contributed by atoms with E-state index < -0.39 is 7.92 Å². The van der Waals surface area contributed by atoms with Gasteiger partial charge in [0, 0.05) is 6.42 Å². The smallest absolute Gasteiger partial charge is 0.339 e. The van der Waals surface area contributed by atoms with Crippen LogP contribution in [-0.4, -0.2) is 25.2 Å². The van der Waals surface area contributed by atoms with Gasteiger partial charge in [-0.1, -0.05) is 99.6 Å². The fourth-order valence-corrected chi connectivity index (χ4v) is 6.79. The predicted octanol–water partition coefficient (Wildman–Crippen LogP) is 5.61. The Morgan fingerprint density at radius 1 is 0.800 bits per heavy atom. The molecule has 0 saturated heterocycles. The van der Waals surface area contributed by atoms with Crippen molar-refractivity contribution in [1.82, 2.24) is 0 Å². The van der Waals surface area contributed by atoms with E-state index in [9.17, 15) is 9.59 Å². The molecule has 0 fully saturated rings. The molecule has 35 heavy (non-hydrogen) atoms. The highest BCUT2D eigenvalue weighted by molar-refractivity contribution is 7.80. The third-order valence-corrected chi connectivity index (χ3v) is 8.62. The van der Waals surface area contributed by atoms with Crippen molar-refractivity contribution in [3.8, 4) is 0 Å². The molecular weight excluding hydrogens is 455 g/mol. The van der Waals surface area contributed by atoms with Crippen molar-refractivity contribution in [2.45, 2.75) is 46.1 Å². The van der Waals surface area contributed by atoms with Crippen molar-refractivity contribution in [3.05, 3.63) is 90.5 Å². The molecule has 0 unspecified atom stereocenters. The Balaban J connectivity index is 1.88. The topological polar surface area (TPSA) is 52.6 Å². The summed E-state index contributed by atoms with van der Waals surface area (Å²) in [6, 6.07) is 28.5. The van der Waals surface area contributed by atoms with Crippen molar-refractivity contribution in [3.63, 3.8) is 0 Å². The lowest BCUT2D eigenvalue weighted by Gasteiger charge is -2.28. The fraction of sp³-hybridized carbons (Fsp3) is 0.333. The lowest BCUT2D eigenvalue weighted by atomic mass is 9.90. The first-order valence-corrected chi connectivity index (χ1v) is 13.5. The van der Waals surface area contributed by atoms with Gasteiger partial charge in [0.25, 0.3) is 0 Å². The summed E-state index contributed by atoms with van der Waals surface area (Å²) in [6.45, 7) is 6.23. The predicted molar refractivity (Wildman–Crippen MR) is 144 cm³/mol. The molecule has 5 heteroatoms. The summed E-state index contributed by atoms with van der Waals surface area (Å²) >= 11 is 0. The zero-order chi connectivity index (χ0) is 25.2. The lowest BCUT2D eigenvalue weighted by Crippen LogP contribution is -2.33. The summed E-state index contributed by atoms with van der Waals surface area (Å²) < 4.78 is 10.9. The van der Waals surface area contributed by atoms with Crippen LogP contribution in [0.1, 0.15) is 50.4 Å². The Labute approximate surface area is 210 Å². The van der Waals surface area contributed by atoms with Gasteiger partial charge in [0.15, 0.2) is 0 Å². The molecular formula is C30H35O4P. The Hall–Kier alpha value is -2.97. The molecule has 4 nitrogen and oxygen atoms in total. The number of benzene rings is 3. The van der Waals surface area contributed by atoms with Crippen molar-refractivity contribution in [2.75, 3.05) is 7.11 Å². The van der Waals surface area contributed by atoms with Crippen LogP contribution in [0.4, 0.5) is 0 Å². The van der Waals surface area contributed by atoms with Crippen LogP contribution in [0.2, 0.25) is 0 Å². The molecule has 3 aromatic rings. The van der Waals surface area contributed by atoms with Gasteiger partial charge in [-0.3, -0.25) is 4.79 Å². The van der Waals surface area contributed by atoms with Gasteiger partial charge in [-0.2, -0.15) is 0 Å². The molecule has 0 spiro atoms. The number of hydrogen-bond donors (Lipinski definition) is 0. The maximum absolute atomic E-state index is 13.6. The summed E-state index contributed by atoms with van der Waals surface area (Å²) in [5.41, 5.74) is 0.610. The summed E-state index contributed by atoms with van der Waals surface area (Å²) in [4.78, 5) is 25.1. The third kappa shape index (κ3) is 7.26. The zero-order valence-corrected chi connectivity index (χ0v) is 21.9. The number of carbonyl (C=O) groups is 2. The van der Waals surface area contributed by atoms with E-state index in [1.54, 1.807) is 0 Å². The van der Waals surface area contributed by atoms with Crippen LogP contribution < -0.4 is 15.9 Å². The monoisotopic (exact) mass is 490 g/mol. The van der Waals surface area contributed by atoms with Crippen LogP contribution in [0, 0.1) is 11.8 Å². The second-order valence-electron chi connectivity index (χ2n) is 9.08. The average Bonchev–Trinajstić information content (AvgIpc) is 2.88. The molecule has 0 aliphatic rings. The van der Waals surface area contributed by atoms with Crippen molar-refractivity contribution >= 4 is 35.8 Å². The molecule has 0 radical (unpaired) electrons. The van der Waals surface area contributed by atoms with Crippen molar-refractivity contribution < 1.29 is 19.1 Å².